The van der Waals surface area contributed by atoms with Crippen molar-refractivity contribution >= 4 is 32.8 Å². The topological polar surface area (TPSA) is 87.9 Å². The molecular weight excluding hydrogens is 438 g/mol. The fraction of sp³-hybridized carbons (Fsp3) is 0.375. The summed E-state index contributed by atoms with van der Waals surface area (Å²) in [6, 6.07) is 14.9. The molecule has 0 N–H and O–H groups in total. The Kier molecular flexibility index (Phi) is 5.44. The third-order valence-corrected chi connectivity index (χ3v) is 7.89. The summed E-state index contributed by atoms with van der Waals surface area (Å²) in [5.74, 6) is 1.39. The molecule has 2 aromatic carbocycles. The van der Waals surface area contributed by atoms with E-state index in [1.54, 1.807) is 23.1 Å². The van der Waals surface area contributed by atoms with Gasteiger partial charge in [0, 0.05) is 38.2 Å². The van der Waals surface area contributed by atoms with Crippen LogP contribution in [0.2, 0.25) is 0 Å². The summed E-state index contributed by atoms with van der Waals surface area (Å²) in [5.41, 5.74) is 2.67. The van der Waals surface area contributed by atoms with Crippen molar-refractivity contribution in [3.63, 3.8) is 0 Å². The summed E-state index contributed by atoms with van der Waals surface area (Å²) < 4.78 is 30.9. The fourth-order valence-electron chi connectivity index (χ4n) is 4.86. The van der Waals surface area contributed by atoms with Crippen molar-refractivity contribution in [2.45, 2.75) is 37.8 Å². The number of aryl methyl sites for hydroxylation is 1. The minimum absolute atomic E-state index is 0.0976. The van der Waals surface area contributed by atoms with Gasteiger partial charge in [-0.25, -0.2) is 4.98 Å². The van der Waals surface area contributed by atoms with E-state index < -0.39 is 10.0 Å². The first-order chi connectivity index (χ1) is 15.9. The van der Waals surface area contributed by atoms with Gasteiger partial charge >= 0.3 is 0 Å². The predicted molar refractivity (Wildman–Crippen MR) is 126 cm³/mol. The number of hydrogen-bond donors (Lipinski definition) is 0. The molecule has 9 heteroatoms. The molecule has 5 rings (SSSR count). The van der Waals surface area contributed by atoms with Gasteiger partial charge in [0.15, 0.2) is 5.84 Å². The molecule has 1 saturated heterocycles. The number of likely N-dealkylation sites (tertiary alicyclic amines) is 1. The van der Waals surface area contributed by atoms with Crippen LogP contribution in [0.3, 0.4) is 0 Å². The molecule has 2 aliphatic rings. The molecule has 172 valence electrons. The average molecular weight is 466 g/mol. The van der Waals surface area contributed by atoms with Crippen molar-refractivity contribution in [2.75, 3.05) is 20.1 Å². The molecule has 1 amide bonds. The van der Waals surface area contributed by atoms with Gasteiger partial charge in [0.2, 0.25) is 5.91 Å². The maximum Gasteiger partial charge on any atom is 0.285 e. The van der Waals surface area contributed by atoms with Gasteiger partial charge in [-0.2, -0.15) is 8.42 Å². The lowest BCUT2D eigenvalue weighted by molar-refractivity contribution is -0.136. The van der Waals surface area contributed by atoms with E-state index in [0.29, 0.717) is 43.9 Å². The number of amides is 1. The van der Waals surface area contributed by atoms with Gasteiger partial charge in [-0.15, -0.1) is 4.40 Å². The number of benzene rings is 2. The maximum atomic E-state index is 13.2. The monoisotopic (exact) mass is 465 g/mol. The van der Waals surface area contributed by atoms with Gasteiger partial charge in [-0.05, 0) is 44.0 Å². The van der Waals surface area contributed by atoms with Crippen LogP contribution in [0.5, 0.6) is 0 Å². The zero-order chi connectivity index (χ0) is 23.2. The molecule has 0 aliphatic carbocycles. The second kappa shape index (κ2) is 8.30. The van der Waals surface area contributed by atoms with Gasteiger partial charge in [0.1, 0.15) is 10.7 Å². The Bertz CT molecular complexity index is 1350. The van der Waals surface area contributed by atoms with Gasteiger partial charge in [-0.1, -0.05) is 24.3 Å². The average Bonchev–Trinajstić information content (AvgIpc) is 3.32. The number of sulfonamides is 1. The largest absolute Gasteiger partial charge is 0.355 e. The first-order valence-electron chi connectivity index (χ1n) is 11.3. The molecule has 0 unspecified atom stereocenters. The quantitative estimate of drug-likeness (QED) is 0.591. The summed E-state index contributed by atoms with van der Waals surface area (Å²) in [6.45, 7) is 4.53. The van der Waals surface area contributed by atoms with Crippen LogP contribution in [-0.2, 0) is 27.9 Å². The fourth-order valence-corrected chi connectivity index (χ4v) is 6.08. The number of imidazole rings is 1. The van der Waals surface area contributed by atoms with E-state index in [-0.39, 0.29) is 16.7 Å². The van der Waals surface area contributed by atoms with Crippen molar-refractivity contribution in [1.82, 2.24) is 19.4 Å². The van der Waals surface area contributed by atoms with Crippen LogP contribution in [0.1, 0.15) is 31.2 Å². The van der Waals surface area contributed by atoms with Gasteiger partial charge in [0.05, 0.1) is 17.6 Å². The van der Waals surface area contributed by atoms with Crippen LogP contribution in [0.25, 0.3) is 11.0 Å². The number of carbonyl (C=O) groups is 1. The molecule has 2 aliphatic heterocycles. The highest BCUT2D eigenvalue weighted by Crippen LogP contribution is 2.30. The Hall–Kier alpha value is -3.20. The molecule has 1 fully saturated rings. The molecule has 0 spiro atoms. The van der Waals surface area contributed by atoms with E-state index in [9.17, 15) is 13.2 Å². The number of carbonyl (C=O) groups excluding carboxylic acids is 1. The van der Waals surface area contributed by atoms with Crippen LogP contribution in [0, 0.1) is 5.92 Å². The Morgan fingerprint density at radius 1 is 1.09 bits per heavy atom. The van der Waals surface area contributed by atoms with Gasteiger partial charge < -0.3 is 14.4 Å². The second-order valence-electron chi connectivity index (χ2n) is 8.60. The molecule has 0 bridgehead atoms. The van der Waals surface area contributed by atoms with Crippen LogP contribution in [0.15, 0.2) is 57.8 Å². The number of amidine groups is 1. The Balaban J connectivity index is 1.26. The normalized spacial score (nSPS) is 17.8. The molecule has 3 aromatic rings. The third kappa shape index (κ3) is 3.80. The maximum absolute atomic E-state index is 13.2. The summed E-state index contributed by atoms with van der Waals surface area (Å²) in [7, 11) is -1.81. The number of aromatic nitrogens is 2. The van der Waals surface area contributed by atoms with E-state index in [0.717, 1.165) is 23.4 Å². The lowest BCUT2D eigenvalue weighted by Crippen LogP contribution is -2.43. The van der Waals surface area contributed by atoms with E-state index >= 15 is 0 Å². The highest BCUT2D eigenvalue weighted by molar-refractivity contribution is 7.90. The SMILES string of the molecule is CCn1c(CN(C)C(=O)C2CCN(C3=NS(=O)(=O)c4ccccc43)CC2)nc2ccccc21. The number of fused-ring (bicyclic) bond motifs is 2. The molecule has 33 heavy (non-hydrogen) atoms. The minimum atomic E-state index is -3.64. The van der Waals surface area contributed by atoms with Crippen LogP contribution in [-0.4, -0.2) is 59.6 Å². The molecule has 1 aromatic heterocycles. The molecule has 3 heterocycles. The Morgan fingerprint density at radius 2 is 1.79 bits per heavy atom. The van der Waals surface area contributed by atoms with Crippen LogP contribution in [0.4, 0.5) is 0 Å². The second-order valence-corrected chi connectivity index (χ2v) is 10.2. The highest BCUT2D eigenvalue weighted by Gasteiger charge is 2.35. The van der Waals surface area contributed by atoms with E-state index in [2.05, 4.69) is 22.0 Å². The van der Waals surface area contributed by atoms with Gasteiger partial charge in [0.25, 0.3) is 10.0 Å². The molecule has 8 nitrogen and oxygen atoms in total. The smallest absolute Gasteiger partial charge is 0.285 e. The lowest BCUT2D eigenvalue weighted by Gasteiger charge is -2.34. The standard InChI is InChI=1S/C24H27N5O3S/c1-3-29-20-10-6-5-9-19(20)25-22(29)16-27(2)24(30)17-12-14-28(15-13-17)23-18-8-4-7-11-21(18)33(31,32)26-23/h4-11,17H,3,12-16H2,1-2H3. The molecule has 0 radical (unpaired) electrons. The minimum Gasteiger partial charge on any atom is -0.355 e. The molecule has 0 atom stereocenters. The van der Waals surface area contributed by atoms with Crippen molar-refractivity contribution < 1.29 is 13.2 Å². The number of piperidine rings is 1. The number of hydrogen-bond acceptors (Lipinski definition) is 5. The summed E-state index contributed by atoms with van der Waals surface area (Å²) in [6.07, 6.45) is 1.32. The zero-order valence-corrected chi connectivity index (χ0v) is 19.6. The first kappa shape index (κ1) is 21.6. The Labute approximate surface area is 193 Å². The van der Waals surface area contributed by atoms with E-state index in [1.165, 1.54) is 0 Å². The summed E-state index contributed by atoms with van der Waals surface area (Å²) in [5, 5.41) is 0. The van der Waals surface area contributed by atoms with Crippen LogP contribution >= 0.6 is 0 Å². The number of para-hydroxylation sites is 2. The van der Waals surface area contributed by atoms with E-state index in [4.69, 9.17) is 4.98 Å². The van der Waals surface area contributed by atoms with Gasteiger partial charge in [-0.3, -0.25) is 4.79 Å². The Morgan fingerprint density at radius 3 is 2.55 bits per heavy atom. The molecular formula is C24H27N5O3S. The summed E-state index contributed by atoms with van der Waals surface area (Å²) >= 11 is 0. The predicted octanol–water partition coefficient (Wildman–Crippen LogP) is 2.88. The highest BCUT2D eigenvalue weighted by atomic mass is 32.2. The van der Waals surface area contributed by atoms with E-state index in [1.807, 2.05) is 36.2 Å². The first-order valence-corrected chi connectivity index (χ1v) is 12.7. The number of rotatable bonds is 4. The zero-order valence-electron chi connectivity index (χ0n) is 18.8. The van der Waals surface area contributed by atoms with Crippen molar-refractivity contribution in [3.05, 3.63) is 59.9 Å². The van der Waals surface area contributed by atoms with Crippen molar-refractivity contribution in [3.8, 4) is 0 Å². The number of nitrogens with zero attached hydrogens (tertiary/aromatic N) is 5. The van der Waals surface area contributed by atoms with Crippen molar-refractivity contribution in [1.29, 1.82) is 0 Å². The van der Waals surface area contributed by atoms with Crippen molar-refractivity contribution in [2.24, 2.45) is 10.3 Å². The lowest BCUT2D eigenvalue weighted by atomic mass is 9.94. The molecule has 0 saturated carbocycles. The van der Waals surface area contributed by atoms with Crippen LogP contribution < -0.4 is 0 Å². The third-order valence-electron chi connectivity index (χ3n) is 6.56. The summed E-state index contributed by atoms with van der Waals surface area (Å²) in [4.78, 5) is 21.9.